The minimum atomic E-state index is 0.277. The number of hydrogen-bond acceptors (Lipinski definition) is 4. The highest BCUT2D eigenvalue weighted by atomic mass is 16.5. The van der Waals surface area contributed by atoms with E-state index in [0.29, 0.717) is 13.0 Å². The Morgan fingerprint density at radius 3 is 2.68 bits per heavy atom. The number of para-hydroxylation sites is 1. The van der Waals surface area contributed by atoms with Gasteiger partial charge in [0.05, 0.1) is 6.61 Å². The van der Waals surface area contributed by atoms with Crippen LogP contribution in [0.4, 0.5) is 0 Å². The number of nitrogens with zero attached hydrogens (tertiary/aromatic N) is 2. The second kappa shape index (κ2) is 9.22. The van der Waals surface area contributed by atoms with Crippen LogP contribution in [0.1, 0.15) is 19.8 Å². The Bertz CT molecular complexity index is 368. The van der Waals surface area contributed by atoms with Gasteiger partial charge >= 0.3 is 0 Å². The van der Waals surface area contributed by atoms with Gasteiger partial charge in [0.1, 0.15) is 11.6 Å². The smallest absolute Gasteiger partial charge is 0.140 e. The highest BCUT2D eigenvalue weighted by molar-refractivity contribution is 5.79. The van der Waals surface area contributed by atoms with E-state index in [-0.39, 0.29) is 5.84 Å². The van der Waals surface area contributed by atoms with E-state index in [2.05, 4.69) is 17.0 Å². The Morgan fingerprint density at radius 1 is 1.32 bits per heavy atom. The number of oxime groups is 1. The van der Waals surface area contributed by atoms with Gasteiger partial charge in [-0.05, 0) is 25.1 Å². The summed E-state index contributed by atoms with van der Waals surface area (Å²) in [5.74, 6) is 1.18. The maximum Gasteiger partial charge on any atom is 0.140 e. The maximum atomic E-state index is 8.48. The Morgan fingerprint density at radius 2 is 2.05 bits per heavy atom. The van der Waals surface area contributed by atoms with Crippen LogP contribution in [0.2, 0.25) is 0 Å². The zero-order valence-electron chi connectivity index (χ0n) is 11.5. The lowest BCUT2D eigenvalue weighted by atomic mass is 10.3. The molecular weight excluding hydrogens is 242 g/mol. The SMILES string of the molecule is CCN(CCCOc1ccccc1)CCC(N)=NO. The second-order valence-electron chi connectivity index (χ2n) is 4.29. The first-order chi connectivity index (χ1) is 9.26. The van der Waals surface area contributed by atoms with E-state index >= 15 is 0 Å². The molecule has 0 saturated heterocycles. The number of hydrogen-bond donors (Lipinski definition) is 2. The lowest BCUT2D eigenvalue weighted by molar-refractivity contribution is 0.244. The van der Waals surface area contributed by atoms with Gasteiger partial charge in [0, 0.05) is 19.5 Å². The quantitative estimate of drug-likeness (QED) is 0.235. The molecule has 1 rings (SSSR count). The summed E-state index contributed by atoms with van der Waals surface area (Å²) in [5, 5.41) is 11.5. The molecule has 5 nitrogen and oxygen atoms in total. The summed E-state index contributed by atoms with van der Waals surface area (Å²) >= 11 is 0. The predicted molar refractivity (Wildman–Crippen MR) is 76.7 cm³/mol. The van der Waals surface area contributed by atoms with E-state index < -0.39 is 0 Å². The van der Waals surface area contributed by atoms with Gasteiger partial charge in [-0.15, -0.1) is 0 Å². The molecule has 0 aliphatic heterocycles. The average Bonchev–Trinajstić information content (AvgIpc) is 2.47. The number of amidine groups is 1. The lowest BCUT2D eigenvalue weighted by Gasteiger charge is -2.19. The van der Waals surface area contributed by atoms with E-state index in [4.69, 9.17) is 15.7 Å². The monoisotopic (exact) mass is 265 g/mol. The van der Waals surface area contributed by atoms with Crippen LogP contribution in [0.3, 0.4) is 0 Å². The molecule has 0 aliphatic carbocycles. The number of nitrogens with two attached hydrogens (primary N) is 1. The van der Waals surface area contributed by atoms with Crippen LogP contribution in [0.15, 0.2) is 35.5 Å². The van der Waals surface area contributed by atoms with Crippen molar-refractivity contribution in [2.24, 2.45) is 10.9 Å². The van der Waals surface area contributed by atoms with Crippen LogP contribution in [0.25, 0.3) is 0 Å². The molecule has 0 atom stereocenters. The van der Waals surface area contributed by atoms with Crippen molar-refractivity contribution in [3.63, 3.8) is 0 Å². The summed E-state index contributed by atoms with van der Waals surface area (Å²) in [5.41, 5.74) is 5.46. The molecule has 0 saturated carbocycles. The van der Waals surface area contributed by atoms with Crippen molar-refractivity contribution in [3.8, 4) is 5.75 Å². The van der Waals surface area contributed by atoms with Gasteiger partial charge in [0.2, 0.25) is 0 Å². The fourth-order valence-corrected chi connectivity index (χ4v) is 1.75. The Hall–Kier alpha value is -1.75. The first-order valence-corrected chi connectivity index (χ1v) is 6.63. The topological polar surface area (TPSA) is 71.1 Å². The molecule has 0 bridgehead atoms. The highest BCUT2D eigenvalue weighted by Crippen LogP contribution is 2.08. The molecule has 0 aromatic heterocycles. The van der Waals surface area contributed by atoms with Crippen LogP contribution < -0.4 is 10.5 Å². The standard InChI is InChI=1S/C14H23N3O2/c1-2-17(11-9-14(15)16-18)10-6-12-19-13-7-4-3-5-8-13/h3-5,7-8,18H,2,6,9-12H2,1H3,(H2,15,16). The van der Waals surface area contributed by atoms with E-state index in [0.717, 1.165) is 31.8 Å². The van der Waals surface area contributed by atoms with Gasteiger partial charge in [0.25, 0.3) is 0 Å². The van der Waals surface area contributed by atoms with Gasteiger partial charge < -0.3 is 20.6 Å². The molecule has 0 radical (unpaired) electrons. The van der Waals surface area contributed by atoms with Crippen molar-refractivity contribution in [1.82, 2.24) is 4.90 Å². The maximum absolute atomic E-state index is 8.48. The van der Waals surface area contributed by atoms with Crippen LogP contribution in [-0.4, -0.2) is 42.2 Å². The Kier molecular flexibility index (Phi) is 7.43. The van der Waals surface area contributed by atoms with E-state index in [1.54, 1.807) is 0 Å². The molecule has 5 heteroatoms. The Labute approximate surface area is 114 Å². The van der Waals surface area contributed by atoms with Crippen molar-refractivity contribution in [2.75, 3.05) is 26.2 Å². The molecule has 1 aromatic rings. The van der Waals surface area contributed by atoms with Crippen molar-refractivity contribution in [2.45, 2.75) is 19.8 Å². The zero-order chi connectivity index (χ0) is 13.9. The fraction of sp³-hybridized carbons (Fsp3) is 0.500. The van der Waals surface area contributed by atoms with Crippen LogP contribution in [-0.2, 0) is 0 Å². The molecule has 0 aliphatic rings. The highest BCUT2D eigenvalue weighted by Gasteiger charge is 2.03. The fourth-order valence-electron chi connectivity index (χ4n) is 1.75. The van der Waals surface area contributed by atoms with Crippen LogP contribution >= 0.6 is 0 Å². The number of rotatable bonds is 9. The van der Waals surface area contributed by atoms with E-state index in [1.165, 1.54) is 0 Å². The van der Waals surface area contributed by atoms with Gasteiger partial charge in [-0.3, -0.25) is 0 Å². The summed E-state index contributed by atoms with van der Waals surface area (Å²) in [7, 11) is 0. The second-order valence-corrected chi connectivity index (χ2v) is 4.29. The molecule has 0 heterocycles. The minimum absolute atomic E-state index is 0.277. The van der Waals surface area contributed by atoms with Crippen molar-refractivity contribution < 1.29 is 9.94 Å². The molecule has 0 spiro atoms. The third-order valence-electron chi connectivity index (χ3n) is 2.89. The Balaban J connectivity index is 2.15. The van der Waals surface area contributed by atoms with Crippen molar-refractivity contribution >= 4 is 5.84 Å². The van der Waals surface area contributed by atoms with Gasteiger partial charge in [-0.25, -0.2) is 0 Å². The van der Waals surface area contributed by atoms with Crippen molar-refractivity contribution in [3.05, 3.63) is 30.3 Å². The third kappa shape index (κ3) is 6.67. The molecular formula is C14H23N3O2. The molecule has 3 N–H and O–H groups in total. The summed E-state index contributed by atoms with van der Waals surface area (Å²) in [4.78, 5) is 2.26. The molecule has 0 amide bonds. The summed E-state index contributed by atoms with van der Waals surface area (Å²) < 4.78 is 5.63. The third-order valence-corrected chi connectivity index (χ3v) is 2.89. The predicted octanol–water partition coefficient (Wildman–Crippen LogP) is 1.91. The minimum Gasteiger partial charge on any atom is -0.494 e. The first-order valence-electron chi connectivity index (χ1n) is 6.63. The molecule has 1 aromatic carbocycles. The molecule has 19 heavy (non-hydrogen) atoms. The first kappa shape index (κ1) is 15.3. The molecule has 0 unspecified atom stereocenters. The zero-order valence-corrected chi connectivity index (χ0v) is 11.5. The van der Waals surface area contributed by atoms with Gasteiger partial charge in [-0.1, -0.05) is 30.3 Å². The van der Waals surface area contributed by atoms with Crippen LogP contribution in [0, 0.1) is 0 Å². The summed E-state index contributed by atoms with van der Waals surface area (Å²) in [6.45, 7) is 5.50. The summed E-state index contributed by atoms with van der Waals surface area (Å²) in [6.07, 6.45) is 1.54. The van der Waals surface area contributed by atoms with E-state index in [1.807, 2.05) is 30.3 Å². The van der Waals surface area contributed by atoms with Crippen LogP contribution in [0.5, 0.6) is 5.75 Å². The van der Waals surface area contributed by atoms with Gasteiger partial charge in [0.15, 0.2) is 0 Å². The largest absolute Gasteiger partial charge is 0.494 e. The average molecular weight is 265 g/mol. The van der Waals surface area contributed by atoms with Gasteiger partial charge in [-0.2, -0.15) is 0 Å². The van der Waals surface area contributed by atoms with E-state index in [9.17, 15) is 0 Å². The number of benzene rings is 1. The molecule has 0 fully saturated rings. The normalized spacial score (nSPS) is 11.8. The number of ether oxygens (including phenoxy) is 1. The molecule has 106 valence electrons. The van der Waals surface area contributed by atoms with Crippen molar-refractivity contribution in [1.29, 1.82) is 0 Å². The summed E-state index contributed by atoms with van der Waals surface area (Å²) in [6, 6.07) is 9.81. The lowest BCUT2D eigenvalue weighted by Crippen LogP contribution is -2.29.